The van der Waals surface area contributed by atoms with Gasteiger partial charge in [-0.3, -0.25) is 0 Å². The maximum absolute atomic E-state index is 14.0. The highest BCUT2D eigenvalue weighted by atomic mass is 19.4. The van der Waals surface area contributed by atoms with Gasteiger partial charge < -0.3 is 14.4 Å². The van der Waals surface area contributed by atoms with Crippen molar-refractivity contribution in [3.63, 3.8) is 0 Å². The molecule has 0 aliphatic rings. The number of para-hydroxylation sites is 1. The number of hydrogen-bond acceptors (Lipinski definition) is 2. The van der Waals surface area contributed by atoms with Gasteiger partial charge in [-0.15, -0.1) is 0 Å². The lowest BCUT2D eigenvalue weighted by atomic mass is 10.0. The zero-order valence-electron chi connectivity index (χ0n) is 18.2. The Kier molecular flexibility index (Phi) is 6.34. The van der Waals surface area contributed by atoms with E-state index in [1.165, 1.54) is 47.0 Å². The third-order valence-corrected chi connectivity index (χ3v) is 5.41. The molecule has 4 nitrogen and oxygen atoms in total. The van der Waals surface area contributed by atoms with E-state index in [1.807, 2.05) is 0 Å². The highest BCUT2D eigenvalue weighted by Crippen LogP contribution is 2.43. The minimum absolute atomic E-state index is 0.0937. The normalized spacial score (nSPS) is 11.5. The van der Waals surface area contributed by atoms with Crippen LogP contribution in [0.5, 0.6) is 5.75 Å². The Morgan fingerprint density at radius 2 is 1.69 bits per heavy atom. The number of halogens is 5. The zero-order valence-corrected chi connectivity index (χ0v) is 18.2. The van der Waals surface area contributed by atoms with Crippen molar-refractivity contribution in [2.24, 2.45) is 0 Å². The topological polar surface area (TPSA) is 51.5 Å². The third kappa shape index (κ3) is 4.89. The maximum atomic E-state index is 14.0. The van der Waals surface area contributed by atoms with Crippen LogP contribution in [-0.2, 0) is 12.8 Å². The van der Waals surface area contributed by atoms with Crippen molar-refractivity contribution >= 4 is 5.97 Å². The summed E-state index contributed by atoms with van der Waals surface area (Å²) >= 11 is 0. The van der Waals surface area contributed by atoms with Crippen LogP contribution in [0, 0.1) is 18.6 Å². The van der Waals surface area contributed by atoms with Gasteiger partial charge in [0.15, 0.2) is 0 Å². The van der Waals surface area contributed by atoms with Gasteiger partial charge in [-0.1, -0.05) is 18.2 Å². The van der Waals surface area contributed by atoms with Gasteiger partial charge in [0.2, 0.25) is 0 Å². The molecule has 0 bridgehead atoms. The summed E-state index contributed by atoms with van der Waals surface area (Å²) in [6.07, 6.45) is -4.73. The van der Waals surface area contributed by atoms with Gasteiger partial charge in [-0.05, 0) is 67.1 Å². The van der Waals surface area contributed by atoms with E-state index in [9.17, 15) is 31.9 Å². The SMILES string of the molecule is Cc1ccc(-c2cccc(C(F)(F)F)c2OCc2ccc(F)cc2)n1-c1ccc(F)c(C(=O)O)c1. The third-order valence-electron chi connectivity index (χ3n) is 5.41. The standard InChI is InChI=1S/C26H18F5NO3/c1-15-5-12-23(32(15)18-10-11-22(28)20(13-18)25(33)34)19-3-2-4-21(26(29,30)31)24(19)35-14-16-6-8-17(27)9-7-16/h2-13H,14H2,1H3,(H,33,34). The lowest BCUT2D eigenvalue weighted by molar-refractivity contribution is -0.139. The van der Waals surface area contributed by atoms with Gasteiger partial charge in [0, 0.05) is 16.9 Å². The first-order chi connectivity index (χ1) is 16.6. The summed E-state index contributed by atoms with van der Waals surface area (Å²) in [7, 11) is 0. The number of ether oxygens (including phenoxy) is 1. The maximum Gasteiger partial charge on any atom is 0.419 e. The van der Waals surface area contributed by atoms with Crippen molar-refractivity contribution in [3.05, 3.63) is 107 Å². The summed E-state index contributed by atoms with van der Waals surface area (Å²) < 4.78 is 76.0. The van der Waals surface area contributed by atoms with Crippen molar-refractivity contribution in [1.82, 2.24) is 4.57 Å². The summed E-state index contributed by atoms with van der Waals surface area (Å²) in [6, 6.07) is 15.4. The molecular weight excluding hydrogens is 469 g/mol. The molecule has 1 aromatic heterocycles. The monoisotopic (exact) mass is 487 g/mol. The number of rotatable bonds is 6. The quantitative estimate of drug-likeness (QED) is 0.297. The molecule has 0 spiro atoms. The molecule has 3 aromatic carbocycles. The molecule has 9 heteroatoms. The smallest absolute Gasteiger partial charge is 0.419 e. The fraction of sp³-hybridized carbons (Fsp3) is 0.115. The number of hydrogen-bond donors (Lipinski definition) is 1. The Morgan fingerprint density at radius 1 is 0.971 bits per heavy atom. The fourth-order valence-electron chi connectivity index (χ4n) is 3.76. The first-order valence-electron chi connectivity index (χ1n) is 10.4. The van der Waals surface area contributed by atoms with E-state index in [0.29, 0.717) is 11.3 Å². The van der Waals surface area contributed by atoms with Gasteiger partial charge in [-0.25, -0.2) is 13.6 Å². The Labute approximate surface area is 196 Å². The number of carbonyl (C=O) groups is 1. The van der Waals surface area contributed by atoms with Crippen LogP contribution in [0.4, 0.5) is 22.0 Å². The number of alkyl halides is 3. The van der Waals surface area contributed by atoms with Crippen molar-refractivity contribution < 1.29 is 36.6 Å². The predicted molar refractivity (Wildman–Crippen MR) is 119 cm³/mol. The molecule has 180 valence electrons. The summed E-state index contributed by atoms with van der Waals surface area (Å²) in [4.78, 5) is 11.4. The fourth-order valence-corrected chi connectivity index (χ4v) is 3.76. The Hall–Kier alpha value is -4.14. The van der Waals surface area contributed by atoms with Crippen molar-refractivity contribution in [2.45, 2.75) is 19.7 Å². The minimum Gasteiger partial charge on any atom is -0.488 e. The number of aromatic nitrogens is 1. The van der Waals surface area contributed by atoms with E-state index in [-0.39, 0.29) is 23.6 Å². The lowest BCUT2D eigenvalue weighted by Crippen LogP contribution is -2.11. The van der Waals surface area contributed by atoms with Crippen molar-refractivity contribution in [1.29, 1.82) is 0 Å². The highest BCUT2D eigenvalue weighted by molar-refractivity contribution is 5.88. The van der Waals surface area contributed by atoms with Gasteiger partial charge in [0.25, 0.3) is 0 Å². The minimum atomic E-state index is -4.73. The van der Waals surface area contributed by atoms with E-state index < -0.39 is 40.7 Å². The van der Waals surface area contributed by atoms with Gasteiger partial charge in [-0.2, -0.15) is 13.2 Å². The van der Waals surface area contributed by atoms with Crippen molar-refractivity contribution in [3.8, 4) is 22.7 Å². The molecule has 0 fully saturated rings. The average molecular weight is 487 g/mol. The highest BCUT2D eigenvalue weighted by Gasteiger charge is 2.36. The van der Waals surface area contributed by atoms with Crippen molar-refractivity contribution in [2.75, 3.05) is 0 Å². The van der Waals surface area contributed by atoms with Crippen LogP contribution in [0.1, 0.15) is 27.2 Å². The molecule has 0 aliphatic carbocycles. The molecule has 0 unspecified atom stereocenters. The first-order valence-corrected chi connectivity index (χ1v) is 10.4. The van der Waals surface area contributed by atoms with Crippen LogP contribution in [0.3, 0.4) is 0 Å². The van der Waals surface area contributed by atoms with E-state index >= 15 is 0 Å². The number of aryl methyl sites for hydroxylation is 1. The zero-order chi connectivity index (χ0) is 25.3. The summed E-state index contributed by atoms with van der Waals surface area (Å²) in [5.41, 5.74) is 0.0895. The van der Waals surface area contributed by atoms with E-state index in [2.05, 4.69) is 0 Å². The molecule has 1 N–H and O–H groups in total. The summed E-state index contributed by atoms with van der Waals surface area (Å²) in [5, 5.41) is 9.29. The number of benzene rings is 3. The molecule has 0 saturated carbocycles. The molecule has 0 radical (unpaired) electrons. The number of nitrogens with zero attached hydrogens (tertiary/aromatic N) is 1. The van der Waals surface area contributed by atoms with Gasteiger partial charge in [0.1, 0.15) is 24.0 Å². The second kappa shape index (κ2) is 9.25. The summed E-state index contributed by atoms with van der Waals surface area (Å²) in [6.45, 7) is 1.43. The lowest BCUT2D eigenvalue weighted by Gasteiger charge is -2.20. The van der Waals surface area contributed by atoms with E-state index in [0.717, 1.165) is 18.2 Å². The molecule has 0 aliphatic heterocycles. The van der Waals surface area contributed by atoms with Crippen LogP contribution < -0.4 is 4.74 Å². The Morgan fingerprint density at radius 3 is 2.34 bits per heavy atom. The second-order valence-electron chi connectivity index (χ2n) is 7.76. The number of aromatic carboxylic acids is 1. The molecule has 0 atom stereocenters. The number of carboxylic acid groups (broad SMARTS) is 1. The first kappa shape index (κ1) is 24.0. The Bertz CT molecular complexity index is 1390. The number of carboxylic acids is 1. The molecule has 4 aromatic rings. The predicted octanol–water partition coefficient (Wildman–Crippen LogP) is 7.03. The molecule has 0 saturated heterocycles. The molecule has 0 amide bonds. The average Bonchev–Trinajstić information content (AvgIpc) is 3.19. The summed E-state index contributed by atoms with van der Waals surface area (Å²) in [5.74, 6) is -3.34. The van der Waals surface area contributed by atoms with Crippen LogP contribution in [-0.4, -0.2) is 15.6 Å². The largest absolute Gasteiger partial charge is 0.488 e. The van der Waals surface area contributed by atoms with E-state index in [1.54, 1.807) is 19.1 Å². The molecule has 35 heavy (non-hydrogen) atoms. The molecule has 4 rings (SSSR count). The molecular formula is C26H18F5NO3. The van der Waals surface area contributed by atoms with Crippen LogP contribution >= 0.6 is 0 Å². The van der Waals surface area contributed by atoms with Crippen LogP contribution in [0.25, 0.3) is 16.9 Å². The second-order valence-corrected chi connectivity index (χ2v) is 7.76. The van der Waals surface area contributed by atoms with E-state index in [4.69, 9.17) is 4.74 Å². The van der Waals surface area contributed by atoms with Gasteiger partial charge >= 0.3 is 12.1 Å². The van der Waals surface area contributed by atoms with Gasteiger partial charge in [0.05, 0.1) is 16.8 Å². The van der Waals surface area contributed by atoms with Crippen LogP contribution in [0.2, 0.25) is 0 Å². The molecule has 1 heterocycles. The van der Waals surface area contributed by atoms with Crippen LogP contribution in [0.15, 0.2) is 72.8 Å². The Balaban J connectivity index is 1.86.